The van der Waals surface area contributed by atoms with Crippen molar-refractivity contribution < 1.29 is 14.8 Å². The summed E-state index contributed by atoms with van der Waals surface area (Å²) in [6, 6.07) is 13.0. The van der Waals surface area contributed by atoms with E-state index in [1.807, 2.05) is 30.3 Å². The standard InChI is InChI=1S/C20H19N4O4/c25-19-15(9-12-5-2-1-3-6-12)22-20(26)16(23-19)10-13-11-21-14-7-4-8-17(18(13)14)24(27)28/h1-8,11,15-16,21,27H,9-10H2,(H,22,26)(H,23,25)/q-1/t15-,16-/m0/s1. The molecule has 0 saturated carbocycles. The Balaban J connectivity index is 1.52. The summed E-state index contributed by atoms with van der Waals surface area (Å²) in [7, 11) is 0. The minimum Gasteiger partial charge on any atom is -0.733 e. The first-order valence-corrected chi connectivity index (χ1v) is 8.92. The van der Waals surface area contributed by atoms with Crippen LogP contribution in [0.5, 0.6) is 0 Å². The Morgan fingerprint density at radius 1 is 0.929 bits per heavy atom. The average Bonchev–Trinajstić information content (AvgIpc) is 3.09. The van der Waals surface area contributed by atoms with E-state index < -0.39 is 12.1 Å². The molecule has 8 heteroatoms. The lowest BCUT2D eigenvalue weighted by Gasteiger charge is -2.30. The zero-order valence-corrected chi connectivity index (χ0v) is 14.9. The number of hydrogen-bond donors (Lipinski definition) is 4. The second-order valence-corrected chi connectivity index (χ2v) is 6.80. The lowest BCUT2D eigenvalue weighted by atomic mass is 9.98. The summed E-state index contributed by atoms with van der Waals surface area (Å²) in [5.41, 5.74) is 2.36. The van der Waals surface area contributed by atoms with Gasteiger partial charge < -0.3 is 26.1 Å². The molecule has 0 unspecified atom stereocenters. The lowest BCUT2D eigenvalue weighted by molar-refractivity contribution is -0.136. The molecular formula is C20H19N4O4-. The van der Waals surface area contributed by atoms with Gasteiger partial charge in [-0.15, -0.1) is 0 Å². The quantitative estimate of drug-likeness (QED) is 0.502. The predicted molar refractivity (Wildman–Crippen MR) is 104 cm³/mol. The van der Waals surface area contributed by atoms with Gasteiger partial charge in [0.1, 0.15) is 12.1 Å². The second kappa shape index (κ2) is 7.34. The molecule has 4 N–H and O–H groups in total. The van der Waals surface area contributed by atoms with Gasteiger partial charge in [-0.25, -0.2) is 0 Å². The van der Waals surface area contributed by atoms with Crippen LogP contribution in [-0.4, -0.2) is 34.1 Å². The number of rotatable bonds is 5. The molecule has 3 aromatic rings. The van der Waals surface area contributed by atoms with Gasteiger partial charge in [-0.05, 0) is 23.3 Å². The first-order valence-electron chi connectivity index (χ1n) is 8.92. The summed E-state index contributed by atoms with van der Waals surface area (Å²) in [6.07, 6.45) is 2.28. The van der Waals surface area contributed by atoms with Crippen LogP contribution in [0.25, 0.3) is 10.9 Å². The van der Waals surface area contributed by atoms with Crippen LogP contribution in [0.4, 0.5) is 5.69 Å². The number of anilines is 1. The maximum Gasteiger partial charge on any atom is 0.243 e. The SMILES string of the molecule is O=C1N[C@@H](Cc2c[nH]c3cccc(N([O-])O)c23)C(=O)N[C@H]1Cc1ccccc1. The Morgan fingerprint density at radius 2 is 1.61 bits per heavy atom. The molecule has 144 valence electrons. The highest BCUT2D eigenvalue weighted by Gasteiger charge is 2.34. The van der Waals surface area contributed by atoms with Crippen LogP contribution >= 0.6 is 0 Å². The predicted octanol–water partition coefficient (Wildman–Crippen LogP) is 1.63. The third-order valence-electron chi connectivity index (χ3n) is 4.94. The smallest absolute Gasteiger partial charge is 0.243 e. The summed E-state index contributed by atoms with van der Waals surface area (Å²) in [5, 5.41) is 26.7. The van der Waals surface area contributed by atoms with E-state index in [2.05, 4.69) is 15.6 Å². The fourth-order valence-corrected chi connectivity index (χ4v) is 3.59. The summed E-state index contributed by atoms with van der Waals surface area (Å²) in [6.45, 7) is 0. The largest absolute Gasteiger partial charge is 0.733 e. The van der Waals surface area contributed by atoms with E-state index in [4.69, 9.17) is 0 Å². The molecule has 0 radical (unpaired) electrons. The molecule has 2 atom stereocenters. The van der Waals surface area contributed by atoms with E-state index in [1.54, 1.807) is 18.3 Å². The highest BCUT2D eigenvalue weighted by molar-refractivity contribution is 5.99. The van der Waals surface area contributed by atoms with E-state index in [-0.39, 0.29) is 29.1 Å². The zero-order chi connectivity index (χ0) is 19.7. The molecule has 2 aromatic carbocycles. The maximum atomic E-state index is 12.6. The summed E-state index contributed by atoms with van der Waals surface area (Å²) in [4.78, 5) is 28.1. The molecule has 1 aromatic heterocycles. The molecule has 0 spiro atoms. The van der Waals surface area contributed by atoms with Crippen molar-refractivity contribution in [3.05, 3.63) is 71.1 Å². The van der Waals surface area contributed by atoms with Crippen LogP contribution < -0.4 is 15.9 Å². The topological polar surface area (TPSA) is 121 Å². The average molecular weight is 379 g/mol. The van der Waals surface area contributed by atoms with Crippen LogP contribution in [0.1, 0.15) is 11.1 Å². The molecule has 0 bridgehead atoms. The molecule has 1 aliphatic rings. The number of piperazine rings is 1. The normalized spacial score (nSPS) is 19.4. The number of amides is 2. The van der Waals surface area contributed by atoms with Crippen LogP contribution in [0.15, 0.2) is 54.7 Å². The third kappa shape index (κ3) is 3.42. The van der Waals surface area contributed by atoms with Gasteiger partial charge in [0.2, 0.25) is 11.8 Å². The van der Waals surface area contributed by atoms with Crippen molar-refractivity contribution in [2.75, 3.05) is 5.23 Å². The summed E-state index contributed by atoms with van der Waals surface area (Å²) in [5.74, 6) is -0.531. The number of benzene rings is 2. The van der Waals surface area contributed by atoms with Gasteiger partial charge in [0.25, 0.3) is 0 Å². The fourth-order valence-electron chi connectivity index (χ4n) is 3.59. The number of fused-ring (bicyclic) bond motifs is 1. The van der Waals surface area contributed by atoms with Crippen LogP contribution in [0.2, 0.25) is 0 Å². The van der Waals surface area contributed by atoms with Gasteiger partial charge in [0.15, 0.2) is 0 Å². The number of carbonyl (C=O) groups excluding carboxylic acids is 2. The van der Waals surface area contributed by atoms with Crippen LogP contribution in [0, 0.1) is 5.21 Å². The van der Waals surface area contributed by atoms with Crippen molar-refractivity contribution in [2.24, 2.45) is 0 Å². The molecule has 8 nitrogen and oxygen atoms in total. The van der Waals surface area contributed by atoms with Gasteiger partial charge >= 0.3 is 0 Å². The van der Waals surface area contributed by atoms with Gasteiger partial charge in [-0.3, -0.25) is 14.8 Å². The zero-order valence-electron chi connectivity index (χ0n) is 14.9. The highest BCUT2D eigenvalue weighted by atomic mass is 16.8. The van der Waals surface area contributed by atoms with Crippen molar-refractivity contribution in [1.29, 1.82) is 0 Å². The first kappa shape index (κ1) is 18.0. The minimum atomic E-state index is -0.759. The molecular weight excluding hydrogens is 360 g/mol. The first-order chi connectivity index (χ1) is 13.5. The van der Waals surface area contributed by atoms with Crippen molar-refractivity contribution in [3.8, 4) is 0 Å². The molecule has 2 heterocycles. The monoisotopic (exact) mass is 379 g/mol. The number of nitrogens with one attached hydrogen (secondary N) is 3. The van der Waals surface area contributed by atoms with Gasteiger partial charge in [-0.1, -0.05) is 36.4 Å². The fraction of sp³-hybridized carbons (Fsp3) is 0.200. The van der Waals surface area contributed by atoms with Crippen molar-refractivity contribution >= 4 is 28.4 Å². The van der Waals surface area contributed by atoms with Gasteiger partial charge in [-0.2, -0.15) is 0 Å². The molecule has 1 fully saturated rings. The number of carbonyl (C=O) groups is 2. The van der Waals surface area contributed by atoms with E-state index in [0.29, 0.717) is 22.9 Å². The molecule has 0 aliphatic carbocycles. The number of aromatic amines is 1. The van der Waals surface area contributed by atoms with E-state index in [1.165, 1.54) is 6.07 Å². The maximum absolute atomic E-state index is 12.6. The third-order valence-corrected chi connectivity index (χ3v) is 4.94. The number of nitrogens with zero attached hydrogens (tertiary/aromatic N) is 1. The Kier molecular flexibility index (Phi) is 4.72. The molecule has 1 aliphatic heterocycles. The molecule has 4 rings (SSSR count). The van der Waals surface area contributed by atoms with Gasteiger partial charge in [0.05, 0.1) is 5.69 Å². The van der Waals surface area contributed by atoms with E-state index in [9.17, 15) is 20.0 Å². The molecule has 28 heavy (non-hydrogen) atoms. The van der Waals surface area contributed by atoms with Crippen molar-refractivity contribution in [1.82, 2.24) is 15.6 Å². The Bertz CT molecular complexity index is 1020. The number of H-pyrrole nitrogens is 1. The van der Waals surface area contributed by atoms with Crippen molar-refractivity contribution in [2.45, 2.75) is 24.9 Å². The Morgan fingerprint density at radius 3 is 2.29 bits per heavy atom. The van der Waals surface area contributed by atoms with Crippen molar-refractivity contribution in [3.63, 3.8) is 0 Å². The summed E-state index contributed by atoms with van der Waals surface area (Å²) >= 11 is 0. The van der Waals surface area contributed by atoms with E-state index >= 15 is 0 Å². The Hall–Kier alpha value is -3.36. The van der Waals surface area contributed by atoms with Crippen LogP contribution in [-0.2, 0) is 22.4 Å². The van der Waals surface area contributed by atoms with Crippen LogP contribution in [0.3, 0.4) is 0 Å². The number of aromatic nitrogens is 1. The Labute approximate surface area is 160 Å². The molecule has 2 amide bonds. The van der Waals surface area contributed by atoms with E-state index in [0.717, 1.165) is 5.56 Å². The lowest BCUT2D eigenvalue weighted by Crippen LogP contribution is -2.62. The van der Waals surface area contributed by atoms with Gasteiger partial charge in [0, 0.05) is 29.9 Å². The number of hydrogen-bond acceptors (Lipinski definition) is 5. The second-order valence-electron chi connectivity index (χ2n) is 6.80. The highest BCUT2D eigenvalue weighted by Crippen LogP contribution is 2.29. The summed E-state index contributed by atoms with van der Waals surface area (Å²) < 4.78 is 0. The molecule has 1 saturated heterocycles. The minimum absolute atomic E-state index is 0.0817.